The van der Waals surface area contributed by atoms with Gasteiger partial charge in [0, 0.05) is 44.5 Å². The average molecular weight is 432 g/mol. The van der Waals surface area contributed by atoms with Crippen molar-refractivity contribution >= 4 is 22.5 Å². The summed E-state index contributed by atoms with van der Waals surface area (Å²) >= 11 is 0. The summed E-state index contributed by atoms with van der Waals surface area (Å²) in [6, 6.07) is 2.04. The summed E-state index contributed by atoms with van der Waals surface area (Å²) in [5.41, 5.74) is 7.98. The number of aryl methyl sites for hydroxylation is 2. The van der Waals surface area contributed by atoms with Crippen LogP contribution in [-0.4, -0.2) is 50.3 Å². The van der Waals surface area contributed by atoms with Crippen LogP contribution in [-0.2, 0) is 18.3 Å². The molecule has 1 atom stereocenters. The summed E-state index contributed by atoms with van der Waals surface area (Å²) in [5, 5.41) is 12.0. The monoisotopic (exact) mass is 431 g/mol. The average Bonchev–Trinajstić information content (AvgIpc) is 3.34. The van der Waals surface area contributed by atoms with E-state index in [0.717, 1.165) is 30.2 Å². The fourth-order valence-electron chi connectivity index (χ4n) is 3.53. The molecule has 0 amide bonds. The van der Waals surface area contributed by atoms with E-state index in [9.17, 15) is 4.79 Å². The lowest BCUT2D eigenvalue weighted by Crippen LogP contribution is -2.41. The molecule has 4 heterocycles. The molecule has 0 saturated carbocycles. The molecule has 1 saturated heterocycles. The SMILES string of the molecule is CC.CCC.CCn1cc(-c2cc(N3CCOC(C)C3)n(C)n2)c2[nH]nc(N)c2c1=O. The number of nitrogens with two attached hydrogens (primary N) is 1. The molecular weight excluding hydrogens is 394 g/mol. The van der Waals surface area contributed by atoms with Crippen LogP contribution >= 0.6 is 0 Å². The third-order valence-corrected chi connectivity index (χ3v) is 4.86. The second-order valence-electron chi connectivity index (χ2n) is 7.34. The lowest BCUT2D eigenvalue weighted by molar-refractivity contribution is 0.0527. The van der Waals surface area contributed by atoms with Gasteiger partial charge in [-0.25, -0.2) is 0 Å². The number of ether oxygens (including phenoxy) is 1. The Bertz CT molecular complexity index is 1030. The quantitative estimate of drug-likeness (QED) is 0.658. The van der Waals surface area contributed by atoms with Crippen molar-refractivity contribution in [3.63, 3.8) is 0 Å². The number of nitrogens with one attached hydrogen (secondary N) is 1. The number of fused-ring (bicyclic) bond motifs is 1. The lowest BCUT2D eigenvalue weighted by Gasteiger charge is -2.32. The molecule has 1 fully saturated rings. The highest BCUT2D eigenvalue weighted by Crippen LogP contribution is 2.30. The van der Waals surface area contributed by atoms with Crippen molar-refractivity contribution in [2.45, 2.75) is 60.6 Å². The van der Waals surface area contributed by atoms with Crippen LogP contribution in [0.5, 0.6) is 0 Å². The van der Waals surface area contributed by atoms with Gasteiger partial charge < -0.3 is 19.9 Å². The summed E-state index contributed by atoms with van der Waals surface area (Å²) in [5.74, 6) is 1.23. The van der Waals surface area contributed by atoms with E-state index in [4.69, 9.17) is 10.5 Å². The predicted octanol–water partition coefficient (Wildman–Crippen LogP) is 3.39. The maximum absolute atomic E-state index is 12.6. The number of aromatic nitrogens is 5. The Morgan fingerprint density at radius 1 is 1.29 bits per heavy atom. The van der Waals surface area contributed by atoms with Gasteiger partial charge in [0.25, 0.3) is 5.56 Å². The molecule has 0 aromatic carbocycles. The molecule has 9 heteroatoms. The first kappa shape index (κ1) is 24.5. The summed E-state index contributed by atoms with van der Waals surface area (Å²) in [4.78, 5) is 14.8. The first-order valence-corrected chi connectivity index (χ1v) is 11.2. The van der Waals surface area contributed by atoms with Crippen molar-refractivity contribution in [2.24, 2.45) is 7.05 Å². The van der Waals surface area contributed by atoms with Crippen LogP contribution < -0.4 is 16.2 Å². The van der Waals surface area contributed by atoms with Crippen LogP contribution in [0.1, 0.15) is 48.0 Å². The van der Waals surface area contributed by atoms with Crippen molar-refractivity contribution < 1.29 is 4.74 Å². The Morgan fingerprint density at radius 3 is 2.58 bits per heavy atom. The lowest BCUT2D eigenvalue weighted by atomic mass is 10.1. The van der Waals surface area contributed by atoms with Gasteiger partial charge in [-0.05, 0) is 13.8 Å². The minimum Gasteiger partial charge on any atom is -0.382 e. The van der Waals surface area contributed by atoms with E-state index < -0.39 is 0 Å². The molecule has 0 bridgehead atoms. The standard InChI is InChI=1S/C17H23N7O2.C3H8.C2H6/c1-4-23-9-11(15-14(17(23)25)16(18)20-19-15)12-7-13(22(3)21-12)24-5-6-26-10(2)8-24;1-3-2;1-2/h7,9-10H,4-6,8H2,1-3H3,(H3,18,19,20);3H2,1-2H3;1-2H3. The number of hydrogen-bond acceptors (Lipinski definition) is 6. The van der Waals surface area contributed by atoms with Gasteiger partial charge in [0.15, 0.2) is 5.82 Å². The highest BCUT2D eigenvalue weighted by molar-refractivity contribution is 5.97. The van der Waals surface area contributed by atoms with Crippen LogP contribution in [0, 0.1) is 0 Å². The third kappa shape index (κ3) is 5.10. The second kappa shape index (κ2) is 11.0. The summed E-state index contributed by atoms with van der Waals surface area (Å²) < 4.78 is 9.12. The topological polar surface area (TPSA) is 107 Å². The van der Waals surface area contributed by atoms with Gasteiger partial charge >= 0.3 is 0 Å². The zero-order chi connectivity index (χ0) is 23.1. The molecule has 3 aromatic rings. The van der Waals surface area contributed by atoms with E-state index in [0.29, 0.717) is 24.1 Å². The molecule has 172 valence electrons. The van der Waals surface area contributed by atoms with Crippen LogP contribution in [0.3, 0.4) is 0 Å². The molecule has 1 aliphatic rings. The van der Waals surface area contributed by atoms with E-state index in [1.165, 1.54) is 6.42 Å². The summed E-state index contributed by atoms with van der Waals surface area (Å²) in [7, 11) is 1.92. The smallest absolute Gasteiger partial charge is 0.263 e. The van der Waals surface area contributed by atoms with Gasteiger partial charge in [-0.15, -0.1) is 0 Å². The van der Waals surface area contributed by atoms with E-state index in [1.54, 1.807) is 4.57 Å². The number of nitrogen functional groups attached to an aromatic ring is 1. The summed E-state index contributed by atoms with van der Waals surface area (Å²) in [6.45, 7) is 15.1. The molecule has 0 spiro atoms. The Balaban J connectivity index is 0.000000630. The van der Waals surface area contributed by atoms with Crippen LogP contribution in [0.2, 0.25) is 0 Å². The molecule has 1 aliphatic heterocycles. The van der Waals surface area contributed by atoms with Crippen LogP contribution in [0.25, 0.3) is 22.2 Å². The molecule has 3 N–H and O–H groups in total. The van der Waals surface area contributed by atoms with Gasteiger partial charge in [-0.1, -0.05) is 34.1 Å². The Labute approximate surface area is 184 Å². The van der Waals surface area contributed by atoms with Crippen LogP contribution in [0.15, 0.2) is 17.1 Å². The van der Waals surface area contributed by atoms with Crippen molar-refractivity contribution in [3.05, 3.63) is 22.6 Å². The number of hydrogen-bond donors (Lipinski definition) is 2. The molecule has 1 unspecified atom stereocenters. The first-order chi connectivity index (χ1) is 14.9. The Morgan fingerprint density at radius 2 is 1.97 bits per heavy atom. The fraction of sp³-hybridized carbons (Fsp3) is 0.591. The predicted molar refractivity (Wildman–Crippen MR) is 128 cm³/mol. The molecule has 4 rings (SSSR count). The van der Waals surface area contributed by atoms with E-state index >= 15 is 0 Å². The highest BCUT2D eigenvalue weighted by Gasteiger charge is 2.22. The maximum atomic E-state index is 12.6. The molecule has 31 heavy (non-hydrogen) atoms. The number of anilines is 2. The minimum absolute atomic E-state index is 0.143. The van der Waals surface area contributed by atoms with E-state index in [-0.39, 0.29) is 17.5 Å². The zero-order valence-corrected chi connectivity index (χ0v) is 19.9. The maximum Gasteiger partial charge on any atom is 0.263 e. The zero-order valence-electron chi connectivity index (χ0n) is 19.9. The third-order valence-electron chi connectivity index (χ3n) is 4.86. The van der Waals surface area contributed by atoms with Crippen molar-refractivity contribution in [3.8, 4) is 11.3 Å². The molecule has 0 aliphatic carbocycles. The number of rotatable bonds is 3. The molecular formula is C22H37N7O2. The first-order valence-electron chi connectivity index (χ1n) is 11.2. The van der Waals surface area contributed by atoms with Gasteiger partial charge in [-0.3, -0.25) is 14.6 Å². The largest absolute Gasteiger partial charge is 0.382 e. The summed E-state index contributed by atoms with van der Waals surface area (Å²) in [6.07, 6.45) is 3.25. The normalized spacial score (nSPS) is 15.8. The Hall–Kier alpha value is -2.81. The number of H-pyrrole nitrogens is 1. The minimum atomic E-state index is -0.143. The van der Waals surface area contributed by atoms with Crippen molar-refractivity contribution in [2.75, 3.05) is 30.3 Å². The number of morpholine rings is 1. The molecule has 0 radical (unpaired) electrons. The highest BCUT2D eigenvalue weighted by atomic mass is 16.5. The Kier molecular flexibility index (Phi) is 8.67. The van der Waals surface area contributed by atoms with Crippen molar-refractivity contribution in [1.29, 1.82) is 0 Å². The van der Waals surface area contributed by atoms with E-state index in [1.807, 2.05) is 44.8 Å². The molecule has 3 aromatic heterocycles. The van der Waals surface area contributed by atoms with Crippen LogP contribution in [0.4, 0.5) is 11.6 Å². The number of pyridine rings is 1. The van der Waals surface area contributed by atoms with E-state index in [2.05, 4.69) is 41.0 Å². The van der Waals surface area contributed by atoms with Gasteiger partial charge in [0.1, 0.15) is 11.2 Å². The van der Waals surface area contributed by atoms with Crippen molar-refractivity contribution in [1.82, 2.24) is 24.5 Å². The second-order valence-corrected chi connectivity index (χ2v) is 7.34. The molecule has 9 nitrogen and oxygen atoms in total. The van der Waals surface area contributed by atoms with Gasteiger partial charge in [-0.2, -0.15) is 10.2 Å². The number of aromatic amines is 1. The van der Waals surface area contributed by atoms with Gasteiger partial charge in [0.2, 0.25) is 0 Å². The van der Waals surface area contributed by atoms with Gasteiger partial charge in [0.05, 0.1) is 23.9 Å². The fourth-order valence-corrected chi connectivity index (χ4v) is 3.53. The number of nitrogens with zero attached hydrogens (tertiary/aromatic N) is 5.